The number of hydrogen-bond acceptors (Lipinski definition) is 4. The van der Waals surface area contributed by atoms with Gasteiger partial charge in [-0.3, -0.25) is 0 Å². The molecule has 15 heavy (non-hydrogen) atoms. The molecule has 0 aliphatic heterocycles. The van der Waals surface area contributed by atoms with Crippen LogP contribution in [-0.4, -0.2) is 17.1 Å². The van der Waals surface area contributed by atoms with Crippen LogP contribution in [0.4, 0.5) is 5.82 Å². The van der Waals surface area contributed by atoms with Crippen LogP contribution < -0.4 is 5.73 Å². The molecule has 2 N–H and O–H groups in total. The Hall–Kier alpha value is -1.16. The second-order valence-electron chi connectivity index (χ2n) is 4.06. The third kappa shape index (κ3) is 2.45. The maximum atomic E-state index is 5.75. The lowest BCUT2D eigenvalue weighted by Gasteiger charge is -2.09. The van der Waals surface area contributed by atoms with Crippen LogP contribution in [0.15, 0.2) is 6.07 Å². The summed E-state index contributed by atoms with van der Waals surface area (Å²) in [5.74, 6) is 1.96. The zero-order valence-corrected chi connectivity index (χ0v) is 9.07. The van der Waals surface area contributed by atoms with Gasteiger partial charge in [-0.25, -0.2) is 9.97 Å². The van der Waals surface area contributed by atoms with Crippen molar-refractivity contribution in [2.45, 2.75) is 38.2 Å². The third-order valence-electron chi connectivity index (χ3n) is 2.83. The van der Waals surface area contributed by atoms with Gasteiger partial charge in [0.05, 0.1) is 12.3 Å². The molecule has 0 unspecified atom stereocenters. The lowest BCUT2D eigenvalue weighted by Crippen LogP contribution is -2.07. The minimum absolute atomic E-state index is 0.504. The van der Waals surface area contributed by atoms with Gasteiger partial charge in [0.1, 0.15) is 11.6 Å². The summed E-state index contributed by atoms with van der Waals surface area (Å²) >= 11 is 0. The highest BCUT2D eigenvalue weighted by atomic mass is 16.5. The van der Waals surface area contributed by atoms with E-state index in [1.54, 1.807) is 13.2 Å². The van der Waals surface area contributed by atoms with E-state index in [1.807, 2.05) is 0 Å². The number of methoxy groups -OCH3 is 1. The van der Waals surface area contributed by atoms with Crippen LogP contribution in [0.5, 0.6) is 0 Å². The Morgan fingerprint density at radius 3 is 2.80 bits per heavy atom. The fraction of sp³-hybridized carbons (Fsp3) is 0.636. The van der Waals surface area contributed by atoms with Crippen LogP contribution in [0.1, 0.15) is 43.1 Å². The monoisotopic (exact) mass is 207 g/mol. The normalized spacial score (nSPS) is 17.1. The van der Waals surface area contributed by atoms with Crippen molar-refractivity contribution in [3.63, 3.8) is 0 Å². The summed E-state index contributed by atoms with van der Waals surface area (Å²) in [7, 11) is 1.66. The summed E-state index contributed by atoms with van der Waals surface area (Å²) in [5, 5.41) is 0. The van der Waals surface area contributed by atoms with Crippen LogP contribution in [-0.2, 0) is 11.3 Å². The fourth-order valence-electron chi connectivity index (χ4n) is 2.13. The summed E-state index contributed by atoms with van der Waals surface area (Å²) in [6, 6.07) is 1.78. The lowest BCUT2D eigenvalue weighted by molar-refractivity contribution is 0.181. The SMILES string of the molecule is COCc1cc(N)nc(C2CCCC2)n1. The summed E-state index contributed by atoms with van der Waals surface area (Å²) in [6.07, 6.45) is 4.94. The molecule has 1 heterocycles. The fourth-order valence-corrected chi connectivity index (χ4v) is 2.13. The van der Waals surface area contributed by atoms with Crippen molar-refractivity contribution < 1.29 is 4.74 Å². The summed E-state index contributed by atoms with van der Waals surface area (Å²) < 4.78 is 5.05. The molecule has 0 atom stereocenters. The first kappa shape index (κ1) is 10.4. The maximum Gasteiger partial charge on any atom is 0.134 e. The van der Waals surface area contributed by atoms with E-state index in [0.717, 1.165) is 11.5 Å². The zero-order valence-electron chi connectivity index (χ0n) is 9.07. The topological polar surface area (TPSA) is 61.0 Å². The Labute approximate surface area is 89.9 Å². The Kier molecular flexibility index (Phi) is 3.16. The third-order valence-corrected chi connectivity index (χ3v) is 2.83. The van der Waals surface area contributed by atoms with Crippen LogP contribution in [0.25, 0.3) is 0 Å². The first-order valence-corrected chi connectivity index (χ1v) is 5.42. The van der Waals surface area contributed by atoms with Gasteiger partial charge in [0, 0.05) is 19.1 Å². The minimum Gasteiger partial charge on any atom is -0.384 e. The molecule has 0 aromatic carbocycles. The molecular formula is C11H17N3O. The molecule has 1 aromatic heterocycles. The lowest BCUT2D eigenvalue weighted by atomic mass is 10.1. The van der Waals surface area contributed by atoms with Crippen molar-refractivity contribution >= 4 is 5.82 Å². The standard InChI is InChI=1S/C11H17N3O/c1-15-7-9-6-10(12)14-11(13-9)8-4-2-3-5-8/h6,8H,2-5,7H2,1H3,(H2,12,13,14). The van der Waals surface area contributed by atoms with Crippen molar-refractivity contribution in [2.75, 3.05) is 12.8 Å². The molecular weight excluding hydrogens is 190 g/mol. The van der Waals surface area contributed by atoms with Gasteiger partial charge < -0.3 is 10.5 Å². The zero-order chi connectivity index (χ0) is 10.7. The number of aromatic nitrogens is 2. The predicted molar refractivity (Wildman–Crippen MR) is 58.4 cm³/mol. The van der Waals surface area contributed by atoms with Gasteiger partial charge in [-0.1, -0.05) is 12.8 Å². The first-order valence-electron chi connectivity index (χ1n) is 5.42. The molecule has 4 nitrogen and oxygen atoms in total. The van der Waals surface area contributed by atoms with Crippen molar-refractivity contribution in [1.82, 2.24) is 9.97 Å². The Bertz CT molecular complexity index is 335. The van der Waals surface area contributed by atoms with Crippen molar-refractivity contribution in [1.29, 1.82) is 0 Å². The molecule has 0 amide bonds. The average molecular weight is 207 g/mol. The summed E-state index contributed by atoms with van der Waals surface area (Å²) in [4.78, 5) is 8.80. The first-order chi connectivity index (χ1) is 7.29. The van der Waals surface area contributed by atoms with Gasteiger partial charge in [0.2, 0.25) is 0 Å². The van der Waals surface area contributed by atoms with E-state index in [2.05, 4.69) is 9.97 Å². The molecule has 0 radical (unpaired) electrons. The minimum atomic E-state index is 0.504. The number of anilines is 1. The second-order valence-corrected chi connectivity index (χ2v) is 4.06. The van der Waals surface area contributed by atoms with E-state index >= 15 is 0 Å². The number of rotatable bonds is 3. The molecule has 1 saturated carbocycles. The highest BCUT2D eigenvalue weighted by Crippen LogP contribution is 2.32. The molecule has 4 heteroatoms. The molecule has 2 rings (SSSR count). The van der Waals surface area contributed by atoms with Crippen LogP contribution in [0, 0.1) is 0 Å². The van der Waals surface area contributed by atoms with Gasteiger partial charge in [-0.05, 0) is 12.8 Å². The maximum absolute atomic E-state index is 5.75. The number of ether oxygens (including phenoxy) is 1. The van der Waals surface area contributed by atoms with Crippen molar-refractivity contribution in [3.8, 4) is 0 Å². The quantitative estimate of drug-likeness (QED) is 0.821. The van der Waals surface area contributed by atoms with E-state index in [9.17, 15) is 0 Å². The largest absolute Gasteiger partial charge is 0.384 e. The van der Waals surface area contributed by atoms with Gasteiger partial charge in [0.15, 0.2) is 0 Å². The van der Waals surface area contributed by atoms with Crippen molar-refractivity contribution in [2.24, 2.45) is 0 Å². The molecule has 1 aliphatic rings. The average Bonchev–Trinajstić information content (AvgIpc) is 2.70. The Morgan fingerprint density at radius 1 is 1.40 bits per heavy atom. The molecule has 1 aliphatic carbocycles. The summed E-state index contributed by atoms with van der Waals surface area (Å²) in [5.41, 5.74) is 6.63. The van der Waals surface area contributed by atoms with E-state index in [1.165, 1.54) is 25.7 Å². The summed E-state index contributed by atoms with van der Waals surface area (Å²) in [6.45, 7) is 0.506. The Balaban J connectivity index is 2.22. The second kappa shape index (κ2) is 4.57. The molecule has 0 saturated heterocycles. The number of nitrogens with zero attached hydrogens (tertiary/aromatic N) is 2. The number of nitrogen functional groups attached to an aromatic ring is 1. The van der Waals surface area contributed by atoms with Crippen LogP contribution >= 0.6 is 0 Å². The van der Waals surface area contributed by atoms with E-state index in [-0.39, 0.29) is 0 Å². The van der Waals surface area contributed by atoms with Crippen molar-refractivity contribution in [3.05, 3.63) is 17.6 Å². The van der Waals surface area contributed by atoms with E-state index < -0.39 is 0 Å². The molecule has 0 spiro atoms. The van der Waals surface area contributed by atoms with Gasteiger partial charge in [0.25, 0.3) is 0 Å². The van der Waals surface area contributed by atoms with Crippen LogP contribution in [0.3, 0.4) is 0 Å². The molecule has 0 bridgehead atoms. The van der Waals surface area contributed by atoms with Crippen LogP contribution in [0.2, 0.25) is 0 Å². The van der Waals surface area contributed by atoms with Gasteiger partial charge >= 0.3 is 0 Å². The predicted octanol–water partition coefficient (Wildman–Crippen LogP) is 1.86. The van der Waals surface area contributed by atoms with Gasteiger partial charge in [-0.2, -0.15) is 0 Å². The highest BCUT2D eigenvalue weighted by molar-refractivity contribution is 5.30. The van der Waals surface area contributed by atoms with Gasteiger partial charge in [-0.15, -0.1) is 0 Å². The molecule has 82 valence electrons. The molecule has 1 fully saturated rings. The Morgan fingerprint density at radius 2 is 2.13 bits per heavy atom. The highest BCUT2D eigenvalue weighted by Gasteiger charge is 2.20. The number of nitrogens with two attached hydrogens (primary N) is 1. The smallest absolute Gasteiger partial charge is 0.134 e. The molecule has 1 aromatic rings. The number of hydrogen-bond donors (Lipinski definition) is 1. The van der Waals surface area contributed by atoms with E-state index in [4.69, 9.17) is 10.5 Å². The van der Waals surface area contributed by atoms with E-state index in [0.29, 0.717) is 18.3 Å².